The first-order valence-corrected chi connectivity index (χ1v) is 7.54. The van der Waals surface area contributed by atoms with Crippen LogP contribution in [-0.2, 0) is 0 Å². The summed E-state index contributed by atoms with van der Waals surface area (Å²) in [5.41, 5.74) is 8.25. The third kappa shape index (κ3) is 3.52. The van der Waals surface area contributed by atoms with Gasteiger partial charge in [-0.05, 0) is 31.2 Å². The summed E-state index contributed by atoms with van der Waals surface area (Å²) in [6.07, 6.45) is 4.83. The van der Waals surface area contributed by atoms with Crippen LogP contribution in [0, 0.1) is 0 Å². The minimum Gasteiger partial charge on any atom is -0.492 e. The van der Waals surface area contributed by atoms with E-state index < -0.39 is 0 Å². The van der Waals surface area contributed by atoms with E-state index in [4.69, 9.17) is 10.5 Å². The van der Waals surface area contributed by atoms with Crippen LogP contribution in [0.3, 0.4) is 0 Å². The molecule has 0 saturated heterocycles. The second-order valence-electron chi connectivity index (χ2n) is 4.90. The van der Waals surface area contributed by atoms with E-state index in [1.807, 2.05) is 43.3 Å². The van der Waals surface area contributed by atoms with E-state index in [2.05, 4.69) is 25.6 Å². The lowest BCUT2D eigenvalue weighted by molar-refractivity contribution is 0.342. The number of hydrogen-bond acceptors (Lipinski definition) is 7. The number of aromatic nitrogens is 3. The number of para-hydroxylation sites is 2. The molecule has 122 valence electrons. The first-order chi connectivity index (χ1) is 11.8. The third-order valence-corrected chi connectivity index (χ3v) is 3.27. The van der Waals surface area contributed by atoms with Gasteiger partial charge in [-0.15, -0.1) is 0 Å². The van der Waals surface area contributed by atoms with Crippen molar-refractivity contribution < 1.29 is 4.74 Å². The number of ether oxygens (including phenoxy) is 1. The van der Waals surface area contributed by atoms with Gasteiger partial charge in [-0.2, -0.15) is 0 Å². The molecule has 0 aliphatic heterocycles. The third-order valence-electron chi connectivity index (χ3n) is 3.27. The van der Waals surface area contributed by atoms with Crippen molar-refractivity contribution in [1.29, 1.82) is 0 Å². The standard InChI is InChI=1S/C17H18N6O/c1-2-24-14-6-4-3-5-13(14)23-17-15(18)16(20-11-21-17)22-12-7-9-19-10-8-12/h3-11H,2,18H2,1H3,(H2,19,20,21,22,23). The first-order valence-electron chi connectivity index (χ1n) is 7.54. The largest absolute Gasteiger partial charge is 0.492 e. The SMILES string of the molecule is CCOc1ccccc1Nc1ncnc(Nc2ccncc2)c1N. The molecule has 0 saturated carbocycles. The van der Waals surface area contributed by atoms with E-state index in [-0.39, 0.29) is 0 Å². The van der Waals surface area contributed by atoms with Crippen LogP contribution in [0.15, 0.2) is 55.1 Å². The normalized spacial score (nSPS) is 10.2. The van der Waals surface area contributed by atoms with Crippen LogP contribution in [0.2, 0.25) is 0 Å². The fourth-order valence-corrected chi connectivity index (χ4v) is 2.15. The molecule has 3 rings (SSSR count). The highest BCUT2D eigenvalue weighted by Gasteiger charge is 2.11. The number of benzene rings is 1. The van der Waals surface area contributed by atoms with Crippen LogP contribution in [0.5, 0.6) is 5.75 Å². The highest BCUT2D eigenvalue weighted by Crippen LogP contribution is 2.31. The van der Waals surface area contributed by atoms with Crippen LogP contribution < -0.4 is 21.1 Å². The lowest BCUT2D eigenvalue weighted by Crippen LogP contribution is -2.06. The van der Waals surface area contributed by atoms with Crippen molar-refractivity contribution in [3.63, 3.8) is 0 Å². The summed E-state index contributed by atoms with van der Waals surface area (Å²) in [5, 5.41) is 6.35. The van der Waals surface area contributed by atoms with Gasteiger partial charge in [-0.1, -0.05) is 12.1 Å². The molecule has 24 heavy (non-hydrogen) atoms. The second kappa shape index (κ2) is 7.28. The minimum atomic E-state index is 0.417. The molecule has 0 aliphatic carbocycles. The Kier molecular flexibility index (Phi) is 4.71. The number of nitrogens with two attached hydrogens (primary N) is 1. The van der Waals surface area contributed by atoms with Gasteiger partial charge in [0.1, 0.15) is 17.8 Å². The molecule has 2 aromatic heterocycles. The fraction of sp³-hybridized carbons (Fsp3) is 0.118. The first kappa shape index (κ1) is 15.5. The van der Waals surface area contributed by atoms with E-state index in [9.17, 15) is 0 Å². The van der Waals surface area contributed by atoms with Crippen molar-refractivity contribution in [2.75, 3.05) is 23.0 Å². The van der Waals surface area contributed by atoms with E-state index in [1.165, 1.54) is 6.33 Å². The topological polar surface area (TPSA) is 98.0 Å². The molecule has 0 spiro atoms. The highest BCUT2D eigenvalue weighted by molar-refractivity contribution is 5.81. The molecule has 7 heteroatoms. The Morgan fingerprint density at radius 3 is 2.46 bits per heavy atom. The maximum Gasteiger partial charge on any atom is 0.159 e. The second-order valence-corrected chi connectivity index (χ2v) is 4.90. The number of anilines is 5. The highest BCUT2D eigenvalue weighted by atomic mass is 16.5. The Morgan fingerprint density at radius 1 is 1.00 bits per heavy atom. The number of nitrogens with zero attached hydrogens (tertiary/aromatic N) is 3. The van der Waals surface area contributed by atoms with Gasteiger partial charge in [-0.3, -0.25) is 4.98 Å². The molecule has 0 fully saturated rings. The molecule has 4 N–H and O–H groups in total. The monoisotopic (exact) mass is 322 g/mol. The van der Waals surface area contributed by atoms with Crippen molar-refractivity contribution in [2.24, 2.45) is 0 Å². The summed E-state index contributed by atoms with van der Waals surface area (Å²) in [7, 11) is 0. The summed E-state index contributed by atoms with van der Waals surface area (Å²) >= 11 is 0. The predicted molar refractivity (Wildman–Crippen MR) is 94.9 cm³/mol. The summed E-state index contributed by atoms with van der Waals surface area (Å²) in [5.74, 6) is 1.77. The predicted octanol–water partition coefficient (Wildman–Crippen LogP) is 3.34. The van der Waals surface area contributed by atoms with Crippen LogP contribution in [0.25, 0.3) is 0 Å². The Morgan fingerprint density at radius 2 is 1.71 bits per heavy atom. The van der Waals surface area contributed by atoms with Crippen molar-refractivity contribution >= 4 is 28.7 Å². The van der Waals surface area contributed by atoms with Gasteiger partial charge < -0.3 is 21.1 Å². The Balaban J connectivity index is 1.86. The molecule has 0 atom stereocenters. The average Bonchev–Trinajstić information content (AvgIpc) is 2.61. The molecule has 7 nitrogen and oxygen atoms in total. The molecular weight excluding hydrogens is 304 g/mol. The zero-order valence-electron chi connectivity index (χ0n) is 13.2. The Hall–Kier alpha value is -3.35. The van der Waals surface area contributed by atoms with Gasteiger partial charge in [0.05, 0.1) is 12.3 Å². The van der Waals surface area contributed by atoms with Crippen LogP contribution in [0.1, 0.15) is 6.92 Å². The quantitative estimate of drug-likeness (QED) is 0.640. The van der Waals surface area contributed by atoms with Crippen molar-refractivity contribution in [2.45, 2.75) is 6.92 Å². The summed E-state index contributed by atoms with van der Waals surface area (Å²) < 4.78 is 5.61. The van der Waals surface area contributed by atoms with Gasteiger partial charge in [-0.25, -0.2) is 9.97 Å². The van der Waals surface area contributed by atoms with Crippen molar-refractivity contribution in [3.05, 3.63) is 55.1 Å². The smallest absolute Gasteiger partial charge is 0.159 e. The van der Waals surface area contributed by atoms with E-state index in [0.717, 1.165) is 17.1 Å². The van der Waals surface area contributed by atoms with E-state index in [0.29, 0.717) is 23.9 Å². The molecule has 3 aromatic rings. The number of pyridine rings is 1. The summed E-state index contributed by atoms with van der Waals surface area (Å²) in [6.45, 7) is 2.51. The van der Waals surface area contributed by atoms with Gasteiger partial charge in [0, 0.05) is 18.1 Å². The van der Waals surface area contributed by atoms with E-state index >= 15 is 0 Å². The average molecular weight is 322 g/mol. The van der Waals surface area contributed by atoms with Crippen molar-refractivity contribution in [3.8, 4) is 5.75 Å². The fourth-order valence-electron chi connectivity index (χ4n) is 2.15. The molecule has 1 aromatic carbocycles. The lowest BCUT2D eigenvalue weighted by Gasteiger charge is -2.14. The lowest BCUT2D eigenvalue weighted by atomic mass is 10.3. The number of hydrogen-bond donors (Lipinski definition) is 3. The molecule has 0 amide bonds. The Labute approximate surface area is 139 Å². The van der Waals surface area contributed by atoms with Crippen LogP contribution >= 0.6 is 0 Å². The Bertz CT molecular complexity index is 809. The molecular formula is C17H18N6O. The maximum absolute atomic E-state index is 6.20. The number of nitrogen functional groups attached to an aromatic ring is 1. The summed E-state index contributed by atoms with van der Waals surface area (Å²) in [6, 6.07) is 11.3. The molecule has 0 bridgehead atoms. The minimum absolute atomic E-state index is 0.417. The van der Waals surface area contributed by atoms with Crippen molar-refractivity contribution in [1.82, 2.24) is 15.0 Å². The maximum atomic E-state index is 6.20. The number of rotatable bonds is 6. The number of nitrogens with one attached hydrogen (secondary N) is 2. The van der Waals surface area contributed by atoms with Crippen LogP contribution in [-0.4, -0.2) is 21.6 Å². The van der Waals surface area contributed by atoms with E-state index in [1.54, 1.807) is 12.4 Å². The van der Waals surface area contributed by atoms with Gasteiger partial charge >= 0.3 is 0 Å². The molecule has 0 aliphatic rings. The zero-order chi connectivity index (χ0) is 16.8. The van der Waals surface area contributed by atoms with Gasteiger partial charge in [0.15, 0.2) is 11.6 Å². The summed E-state index contributed by atoms with van der Waals surface area (Å²) in [4.78, 5) is 12.4. The molecule has 0 unspecified atom stereocenters. The molecule has 0 radical (unpaired) electrons. The van der Waals surface area contributed by atoms with Crippen LogP contribution in [0.4, 0.5) is 28.7 Å². The zero-order valence-corrected chi connectivity index (χ0v) is 13.2. The molecule has 2 heterocycles. The van der Waals surface area contributed by atoms with Gasteiger partial charge in [0.25, 0.3) is 0 Å². The van der Waals surface area contributed by atoms with Gasteiger partial charge in [0.2, 0.25) is 0 Å².